The lowest BCUT2D eigenvalue weighted by Gasteiger charge is -2.30. The second-order valence-electron chi connectivity index (χ2n) is 7.06. The average molecular weight is 374 g/mol. The molecule has 8 heteroatoms. The summed E-state index contributed by atoms with van der Waals surface area (Å²) in [5.74, 6) is -0.367. The Hall–Kier alpha value is -2.61. The van der Waals surface area contributed by atoms with Crippen LogP contribution in [-0.4, -0.2) is 61.6 Å². The number of rotatable bonds is 4. The van der Waals surface area contributed by atoms with Crippen molar-refractivity contribution in [2.75, 3.05) is 37.0 Å². The summed E-state index contributed by atoms with van der Waals surface area (Å²) >= 11 is 0. The van der Waals surface area contributed by atoms with E-state index in [1.165, 1.54) is 4.90 Å². The fraction of sp³-hybridized carbons (Fsp3) is 0.526. The minimum absolute atomic E-state index is 0.0487. The second kappa shape index (κ2) is 8.39. The van der Waals surface area contributed by atoms with Crippen molar-refractivity contribution in [3.05, 3.63) is 24.3 Å². The SMILES string of the molecule is CC1CC(=O)Nc2ccccc2N1C(=O)CN(C)C(=O)NCC1CCCO1. The van der Waals surface area contributed by atoms with Gasteiger partial charge in [-0.15, -0.1) is 0 Å². The molecular formula is C19H26N4O4. The molecule has 8 nitrogen and oxygen atoms in total. The zero-order chi connectivity index (χ0) is 19.4. The van der Waals surface area contributed by atoms with Gasteiger partial charge in [-0.3, -0.25) is 9.59 Å². The minimum atomic E-state index is -0.316. The molecule has 2 heterocycles. The van der Waals surface area contributed by atoms with Crippen molar-refractivity contribution in [3.8, 4) is 0 Å². The van der Waals surface area contributed by atoms with Crippen molar-refractivity contribution < 1.29 is 19.1 Å². The third-order valence-electron chi connectivity index (χ3n) is 4.85. The summed E-state index contributed by atoms with van der Waals surface area (Å²) in [5.41, 5.74) is 1.25. The molecule has 2 aliphatic heterocycles. The number of carbonyl (C=O) groups excluding carboxylic acids is 3. The fourth-order valence-corrected chi connectivity index (χ4v) is 3.46. The Bertz CT molecular complexity index is 717. The van der Waals surface area contributed by atoms with E-state index in [1.807, 2.05) is 19.1 Å². The number of ether oxygens (including phenoxy) is 1. The van der Waals surface area contributed by atoms with Crippen LogP contribution < -0.4 is 15.5 Å². The Balaban J connectivity index is 1.65. The van der Waals surface area contributed by atoms with E-state index in [4.69, 9.17) is 4.74 Å². The van der Waals surface area contributed by atoms with Crippen LogP contribution in [0.1, 0.15) is 26.2 Å². The minimum Gasteiger partial charge on any atom is -0.376 e. The Kier molecular flexibility index (Phi) is 5.95. The van der Waals surface area contributed by atoms with Gasteiger partial charge < -0.3 is 25.2 Å². The molecule has 2 aliphatic rings. The molecule has 2 atom stereocenters. The van der Waals surface area contributed by atoms with Gasteiger partial charge in [-0.25, -0.2) is 4.79 Å². The topological polar surface area (TPSA) is 91.0 Å². The predicted molar refractivity (Wildman–Crippen MR) is 102 cm³/mol. The van der Waals surface area contributed by atoms with Crippen molar-refractivity contribution in [2.24, 2.45) is 0 Å². The van der Waals surface area contributed by atoms with Crippen molar-refractivity contribution in [1.82, 2.24) is 10.2 Å². The fourth-order valence-electron chi connectivity index (χ4n) is 3.46. The number of carbonyl (C=O) groups is 3. The zero-order valence-electron chi connectivity index (χ0n) is 15.7. The quantitative estimate of drug-likeness (QED) is 0.837. The van der Waals surface area contributed by atoms with Gasteiger partial charge in [0.2, 0.25) is 11.8 Å². The molecule has 0 saturated carbocycles. The number of urea groups is 1. The van der Waals surface area contributed by atoms with Gasteiger partial charge in [0.15, 0.2) is 0 Å². The molecule has 2 N–H and O–H groups in total. The number of hydrogen-bond donors (Lipinski definition) is 2. The first-order valence-corrected chi connectivity index (χ1v) is 9.27. The Morgan fingerprint density at radius 2 is 2.15 bits per heavy atom. The first-order valence-electron chi connectivity index (χ1n) is 9.27. The molecule has 1 fully saturated rings. The summed E-state index contributed by atoms with van der Waals surface area (Å²) in [6.07, 6.45) is 2.20. The molecule has 0 spiro atoms. The van der Waals surface area contributed by atoms with Crippen LogP contribution in [0.15, 0.2) is 24.3 Å². The van der Waals surface area contributed by atoms with Gasteiger partial charge in [0.25, 0.3) is 0 Å². The molecule has 0 bridgehead atoms. The number of likely N-dealkylation sites (N-methyl/N-ethyl adjacent to an activating group) is 1. The normalized spacial score (nSPS) is 21.9. The van der Waals surface area contributed by atoms with Crippen molar-refractivity contribution in [2.45, 2.75) is 38.3 Å². The number of amides is 4. The van der Waals surface area contributed by atoms with Gasteiger partial charge in [0.1, 0.15) is 6.54 Å². The molecule has 146 valence electrons. The number of para-hydroxylation sites is 2. The van der Waals surface area contributed by atoms with E-state index >= 15 is 0 Å². The highest BCUT2D eigenvalue weighted by atomic mass is 16.5. The molecular weight excluding hydrogens is 348 g/mol. The summed E-state index contributed by atoms with van der Waals surface area (Å²) < 4.78 is 5.49. The van der Waals surface area contributed by atoms with Crippen LogP contribution in [-0.2, 0) is 14.3 Å². The summed E-state index contributed by atoms with van der Waals surface area (Å²) in [6.45, 7) is 2.92. The molecule has 0 radical (unpaired) electrons. The van der Waals surface area contributed by atoms with Crippen LogP contribution in [0.5, 0.6) is 0 Å². The number of benzene rings is 1. The van der Waals surface area contributed by atoms with Gasteiger partial charge in [-0.2, -0.15) is 0 Å². The smallest absolute Gasteiger partial charge is 0.317 e. The third kappa shape index (κ3) is 4.57. The molecule has 2 unspecified atom stereocenters. The largest absolute Gasteiger partial charge is 0.376 e. The molecule has 3 rings (SSSR count). The molecule has 0 aliphatic carbocycles. The van der Waals surface area contributed by atoms with Crippen molar-refractivity contribution in [3.63, 3.8) is 0 Å². The standard InChI is InChI=1S/C19H26N4O4/c1-13-10-17(24)21-15-7-3-4-8-16(15)23(13)18(25)12-22(2)19(26)20-11-14-6-5-9-27-14/h3-4,7-8,13-14H,5-6,9-12H2,1-2H3,(H,20,26)(H,21,24). The van der Waals surface area contributed by atoms with Crippen LogP contribution >= 0.6 is 0 Å². The van der Waals surface area contributed by atoms with Crippen LogP contribution in [0, 0.1) is 0 Å². The van der Waals surface area contributed by atoms with Crippen LogP contribution in [0.4, 0.5) is 16.2 Å². The second-order valence-corrected chi connectivity index (χ2v) is 7.06. The van der Waals surface area contributed by atoms with Gasteiger partial charge in [0.05, 0.1) is 17.5 Å². The number of nitrogens with zero attached hydrogens (tertiary/aromatic N) is 2. The lowest BCUT2D eigenvalue weighted by Crippen LogP contribution is -2.48. The van der Waals surface area contributed by atoms with Gasteiger partial charge in [-0.1, -0.05) is 12.1 Å². The predicted octanol–water partition coefficient (Wildman–Crippen LogP) is 1.57. The molecule has 1 aromatic rings. The number of anilines is 2. The Labute approximate surface area is 158 Å². The molecule has 1 aromatic carbocycles. The highest BCUT2D eigenvalue weighted by Gasteiger charge is 2.30. The van der Waals surface area contributed by atoms with Crippen LogP contribution in [0.25, 0.3) is 0 Å². The average Bonchev–Trinajstić information content (AvgIpc) is 3.10. The summed E-state index contributed by atoms with van der Waals surface area (Å²) in [7, 11) is 1.58. The van der Waals surface area contributed by atoms with E-state index < -0.39 is 0 Å². The Morgan fingerprint density at radius 1 is 1.37 bits per heavy atom. The maximum absolute atomic E-state index is 12.9. The van der Waals surface area contributed by atoms with E-state index in [0.29, 0.717) is 17.9 Å². The lowest BCUT2D eigenvalue weighted by atomic mass is 10.1. The van der Waals surface area contributed by atoms with E-state index in [-0.39, 0.29) is 43.0 Å². The molecule has 1 saturated heterocycles. The van der Waals surface area contributed by atoms with Gasteiger partial charge in [0, 0.05) is 32.7 Å². The molecule has 0 aromatic heterocycles. The molecule has 4 amide bonds. The lowest BCUT2D eigenvalue weighted by molar-refractivity contribution is -0.119. The number of fused-ring (bicyclic) bond motifs is 1. The van der Waals surface area contributed by atoms with Crippen LogP contribution in [0.2, 0.25) is 0 Å². The van der Waals surface area contributed by atoms with E-state index in [1.54, 1.807) is 24.1 Å². The zero-order valence-corrected chi connectivity index (χ0v) is 15.7. The first-order chi connectivity index (χ1) is 13.0. The van der Waals surface area contributed by atoms with E-state index in [0.717, 1.165) is 19.4 Å². The van der Waals surface area contributed by atoms with Gasteiger partial charge >= 0.3 is 6.03 Å². The third-order valence-corrected chi connectivity index (χ3v) is 4.85. The van der Waals surface area contributed by atoms with Crippen LogP contribution in [0.3, 0.4) is 0 Å². The summed E-state index contributed by atoms with van der Waals surface area (Å²) in [5, 5.41) is 5.63. The number of nitrogens with one attached hydrogen (secondary N) is 2. The highest BCUT2D eigenvalue weighted by molar-refractivity contribution is 6.05. The first kappa shape index (κ1) is 19.2. The summed E-state index contributed by atoms with van der Waals surface area (Å²) in [6, 6.07) is 6.58. The molecule has 27 heavy (non-hydrogen) atoms. The van der Waals surface area contributed by atoms with Crippen molar-refractivity contribution >= 4 is 29.2 Å². The Morgan fingerprint density at radius 3 is 2.89 bits per heavy atom. The van der Waals surface area contributed by atoms with E-state index in [2.05, 4.69) is 10.6 Å². The van der Waals surface area contributed by atoms with E-state index in [9.17, 15) is 14.4 Å². The maximum atomic E-state index is 12.9. The monoisotopic (exact) mass is 374 g/mol. The number of hydrogen-bond acceptors (Lipinski definition) is 4. The van der Waals surface area contributed by atoms with Crippen molar-refractivity contribution in [1.29, 1.82) is 0 Å². The van der Waals surface area contributed by atoms with Gasteiger partial charge in [-0.05, 0) is 31.9 Å². The highest BCUT2D eigenvalue weighted by Crippen LogP contribution is 2.31. The maximum Gasteiger partial charge on any atom is 0.317 e. The summed E-state index contributed by atoms with van der Waals surface area (Å²) in [4.78, 5) is 40.2.